The summed E-state index contributed by atoms with van der Waals surface area (Å²) in [6.07, 6.45) is 72.2. The smallest absolute Gasteiger partial charge is 0.493 e. The molecule has 0 amide bonds. The van der Waals surface area contributed by atoms with E-state index >= 15 is 0 Å². The molecule has 2 nitrogen and oxygen atoms in total. The summed E-state index contributed by atoms with van der Waals surface area (Å²) in [7, 11) is 0. The fourth-order valence-corrected chi connectivity index (χ4v) is 11.7. The van der Waals surface area contributed by atoms with Crippen molar-refractivity contribution >= 4 is 11.4 Å². The Morgan fingerprint density at radius 2 is 0.512 bits per heavy atom. The molecule has 464 valence electrons. The maximum absolute atomic E-state index is 11.9. The Labute approximate surface area is 512 Å². The van der Waals surface area contributed by atoms with E-state index < -0.39 is 0 Å². The minimum absolute atomic E-state index is 0. The molecule has 0 spiro atoms. The van der Waals surface area contributed by atoms with Crippen molar-refractivity contribution < 1.29 is 21.2 Å². The number of nitrogens with zero attached hydrogens (tertiary/aromatic N) is 2. The Bertz CT molecular complexity index is 1630. The molecular weight excluding hydrogens is 1010 g/mol. The Morgan fingerprint density at radius 3 is 0.775 bits per heavy atom. The molecule has 0 N–H and O–H groups in total. The average molecular weight is 1150 g/mol. The molecule has 2 aromatic rings. The molecule has 0 aromatic heterocycles. The molecule has 0 saturated heterocycles. The van der Waals surface area contributed by atoms with Crippen LogP contribution in [0.15, 0.2) is 59.7 Å². The van der Waals surface area contributed by atoms with E-state index in [-0.39, 0.29) is 16.5 Å². The number of hydrogen-bond acceptors (Lipinski definition) is 0. The number of benzene rings is 2. The van der Waals surface area contributed by atoms with E-state index in [1.807, 2.05) is 0 Å². The van der Waals surface area contributed by atoms with Crippen molar-refractivity contribution in [3.05, 3.63) is 101 Å². The van der Waals surface area contributed by atoms with E-state index in [1.54, 1.807) is 4.70 Å². The summed E-state index contributed by atoms with van der Waals surface area (Å²) in [6, 6.07) is 17.9. The Hall–Kier alpha value is -1.99. The summed E-state index contributed by atoms with van der Waals surface area (Å²) in [5.74, 6) is 0. The minimum atomic E-state index is 0. The molecule has 80 heavy (non-hydrogen) atoms. The Kier molecular flexibility index (Phi) is 58.7. The molecule has 0 bridgehead atoms. The van der Waals surface area contributed by atoms with Crippen LogP contribution in [-0.2, 0) is 29.3 Å². The zero-order valence-corrected chi connectivity index (χ0v) is 55.7. The van der Waals surface area contributed by atoms with E-state index in [0.717, 1.165) is 61.0 Å². The molecule has 0 unspecified atom stereocenters. The summed E-state index contributed by atoms with van der Waals surface area (Å²) in [4.78, 5) is 0. The van der Waals surface area contributed by atoms with Gasteiger partial charge in [0.2, 0.25) is 11.4 Å². The second-order valence-corrected chi connectivity index (χ2v) is 24.6. The average Bonchev–Trinajstić information content (AvgIpc) is 3.79. The van der Waals surface area contributed by atoms with Crippen LogP contribution in [0.5, 0.6) is 0 Å². The van der Waals surface area contributed by atoms with Crippen molar-refractivity contribution in [2.45, 2.75) is 382 Å². The predicted octanol–water partition coefficient (Wildman–Crippen LogP) is 27.6. The van der Waals surface area contributed by atoms with Gasteiger partial charge in [0.25, 0.3) is 0 Å². The zero-order valence-electron chi connectivity index (χ0n) is 54.7. The SMILES string of the molecule is CCCCCCC1=C(c2cccc(CCCC)c2)[N+](=[N-])C(c2cccc(CCCC)c2)=C1CCCCC.[CH2-]CCCCCCCCCCCCCCCCCCCC.[CH2-]CCCCCCCCCCCCCCCCCCCC.[Ni+2]. The second kappa shape index (κ2) is 60.1. The number of allylic oxidation sites excluding steroid dienone is 2. The maximum Gasteiger partial charge on any atom is 2.00 e. The maximum atomic E-state index is 11.9. The monoisotopic (exact) mass is 1150 g/mol. The van der Waals surface area contributed by atoms with Gasteiger partial charge in [-0.1, -0.05) is 342 Å². The first-order chi connectivity index (χ1) is 39.0. The van der Waals surface area contributed by atoms with Crippen molar-refractivity contribution in [1.82, 2.24) is 0 Å². The molecule has 0 aliphatic carbocycles. The van der Waals surface area contributed by atoms with Gasteiger partial charge in [-0.05, 0) is 86.8 Å². The van der Waals surface area contributed by atoms with Gasteiger partial charge in [-0.2, -0.15) is 12.8 Å². The predicted molar refractivity (Wildman–Crippen MR) is 358 cm³/mol. The Balaban J connectivity index is 0.00000125. The van der Waals surface area contributed by atoms with Crippen LogP contribution in [0.3, 0.4) is 0 Å². The van der Waals surface area contributed by atoms with Gasteiger partial charge in [0.05, 0.1) is 0 Å². The van der Waals surface area contributed by atoms with Gasteiger partial charge in [-0.25, -0.2) is 4.70 Å². The van der Waals surface area contributed by atoms with Gasteiger partial charge in [0, 0.05) is 22.3 Å². The van der Waals surface area contributed by atoms with Gasteiger partial charge in [0.1, 0.15) is 0 Å². The van der Waals surface area contributed by atoms with Crippen LogP contribution in [0.25, 0.3) is 16.9 Å². The van der Waals surface area contributed by atoms with Crippen molar-refractivity contribution in [3.8, 4) is 0 Å². The first kappa shape index (κ1) is 78.0. The fourth-order valence-electron chi connectivity index (χ4n) is 11.7. The van der Waals surface area contributed by atoms with Crippen LogP contribution in [0.1, 0.15) is 391 Å². The van der Waals surface area contributed by atoms with Crippen LogP contribution in [-0.4, -0.2) is 4.70 Å². The normalized spacial score (nSPS) is 12.2. The zero-order chi connectivity index (χ0) is 57.3. The number of rotatable bonds is 53. The summed E-state index contributed by atoms with van der Waals surface area (Å²) < 4.78 is 1.56. The molecule has 0 fully saturated rings. The van der Waals surface area contributed by atoms with Gasteiger partial charge < -0.3 is 19.4 Å². The van der Waals surface area contributed by atoms with Crippen LogP contribution < -0.4 is 0 Å². The summed E-state index contributed by atoms with van der Waals surface area (Å²) in [5, 5.41) is 0. The topological polar surface area (TPSA) is 25.3 Å². The molecule has 3 rings (SSSR count). The molecule has 1 aliphatic heterocycles. The number of unbranched alkanes of at least 4 members (excludes halogenated alkanes) is 43. The standard InChI is InChI=1S/C35H50N2.2C21H43.Ni/c1-5-9-13-15-25-33-32(24-14-10-6-2)34(30-22-16-20-28(26-30)18-11-7-3)37(36)35(33)31-23-17-21-29(27-31)19-12-8-4;2*1-3-5-7-9-11-13-15-17-19-21-20-18-16-14-12-10-8-6-4-2;/h16-17,20-23,26-27H,5-15,18-19,24-25H2,1-4H3;2*1,3-21H2,2H3;/q;2*-1;+2. The molecule has 0 saturated carbocycles. The number of aryl methyl sites for hydroxylation is 2. The third kappa shape index (κ3) is 41.9. The van der Waals surface area contributed by atoms with E-state index in [9.17, 15) is 5.53 Å². The molecule has 1 aliphatic rings. The van der Waals surface area contributed by atoms with Crippen molar-refractivity contribution in [2.75, 3.05) is 0 Å². The van der Waals surface area contributed by atoms with E-state index in [1.165, 1.54) is 324 Å². The van der Waals surface area contributed by atoms with Crippen LogP contribution in [0, 0.1) is 13.8 Å². The van der Waals surface area contributed by atoms with Gasteiger partial charge >= 0.3 is 16.5 Å². The summed E-state index contributed by atoms with van der Waals surface area (Å²) in [5.41, 5.74) is 21.7. The molecule has 3 heteroatoms. The van der Waals surface area contributed by atoms with Gasteiger partial charge in [-0.3, -0.25) is 0 Å². The van der Waals surface area contributed by atoms with E-state index in [0.29, 0.717) is 0 Å². The molecular formula is C77H136N2Ni. The third-order valence-electron chi connectivity index (χ3n) is 16.9. The molecule has 1 heterocycles. The van der Waals surface area contributed by atoms with Crippen LogP contribution >= 0.6 is 0 Å². The summed E-state index contributed by atoms with van der Waals surface area (Å²) >= 11 is 0. The van der Waals surface area contributed by atoms with Crippen LogP contribution in [0.4, 0.5) is 0 Å². The first-order valence-electron chi connectivity index (χ1n) is 35.7. The van der Waals surface area contributed by atoms with Gasteiger partial charge in [-0.15, -0.1) is 0 Å². The fraction of sp³-hybridized carbons (Fsp3) is 0.766. The largest absolute Gasteiger partial charge is 2.00 e. The second-order valence-electron chi connectivity index (χ2n) is 24.6. The van der Waals surface area contributed by atoms with Crippen molar-refractivity contribution in [2.24, 2.45) is 0 Å². The molecule has 0 radical (unpaired) electrons. The first-order valence-corrected chi connectivity index (χ1v) is 35.7. The minimum Gasteiger partial charge on any atom is -0.493 e. The van der Waals surface area contributed by atoms with Gasteiger partial charge in [0.15, 0.2) is 0 Å². The van der Waals surface area contributed by atoms with E-state index in [4.69, 9.17) is 0 Å². The molecule has 2 aromatic carbocycles. The summed E-state index contributed by atoms with van der Waals surface area (Å²) in [6.45, 7) is 21.4. The number of hydrogen-bond donors (Lipinski definition) is 0. The quantitative estimate of drug-likeness (QED) is 0.0273. The van der Waals surface area contributed by atoms with Crippen molar-refractivity contribution in [1.29, 1.82) is 0 Å². The van der Waals surface area contributed by atoms with E-state index in [2.05, 4.69) is 104 Å². The third-order valence-corrected chi connectivity index (χ3v) is 16.9. The van der Waals surface area contributed by atoms with Crippen molar-refractivity contribution in [3.63, 3.8) is 0 Å². The Morgan fingerprint density at radius 1 is 0.287 bits per heavy atom. The van der Waals surface area contributed by atoms with Crippen LogP contribution in [0.2, 0.25) is 0 Å². The molecule has 0 atom stereocenters.